The van der Waals surface area contributed by atoms with E-state index in [9.17, 15) is 0 Å². The van der Waals surface area contributed by atoms with Crippen molar-refractivity contribution in [3.05, 3.63) is 11.6 Å². The summed E-state index contributed by atoms with van der Waals surface area (Å²) in [5.74, 6) is 0. The van der Waals surface area contributed by atoms with E-state index in [1.807, 2.05) is 0 Å². The van der Waals surface area contributed by atoms with E-state index in [1.54, 1.807) is 5.57 Å². The lowest BCUT2D eigenvalue weighted by molar-refractivity contribution is 0.105. The number of rotatable bonds is 3. The van der Waals surface area contributed by atoms with Crippen LogP contribution in [0.5, 0.6) is 0 Å². The summed E-state index contributed by atoms with van der Waals surface area (Å²) in [6, 6.07) is 0. The minimum atomic E-state index is 0.561. The molecule has 2 heteroatoms. The lowest BCUT2D eigenvalue weighted by Crippen LogP contribution is -2.05. The maximum atomic E-state index is 5.57. The third-order valence-electron chi connectivity index (χ3n) is 2.92. The number of hydrogen-bond donors (Lipinski definition) is 1. The number of allylic oxidation sites excluding steroid dienone is 1. The third kappa shape index (κ3) is 2.82. The highest BCUT2D eigenvalue weighted by Crippen LogP contribution is 2.18. The summed E-state index contributed by atoms with van der Waals surface area (Å²) in [6.07, 6.45) is 9.20. The molecule has 2 rings (SSSR count). The van der Waals surface area contributed by atoms with Gasteiger partial charge in [0.2, 0.25) is 0 Å². The topological polar surface area (TPSA) is 21.3 Å². The highest BCUT2D eigenvalue weighted by atomic mass is 16.5. The maximum Gasteiger partial charge on any atom is 0.0579 e. The molecule has 0 spiro atoms. The van der Waals surface area contributed by atoms with E-state index in [0.717, 1.165) is 13.2 Å². The first-order valence-electron chi connectivity index (χ1n) is 5.45. The molecule has 0 aliphatic carbocycles. The second-order valence-corrected chi connectivity index (χ2v) is 4.00. The Morgan fingerprint density at radius 3 is 3.23 bits per heavy atom. The largest absolute Gasteiger partial charge is 0.378 e. The molecule has 0 amide bonds. The average molecular weight is 181 g/mol. The Balaban J connectivity index is 1.64. The average Bonchev–Trinajstić information content (AvgIpc) is 2.75. The summed E-state index contributed by atoms with van der Waals surface area (Å²) < 4.78 is 5.57. The Morgan fingerprint density at radius 2 is 2.54 bits per heavy atom. The van der Waals surface area contributed by atoms with Crippen LogP contribution in [0, 0.1) is 0 Å². The predicted octanol–water partition coefficient (Wildman–Crippen LogP) is 1.87. The Hall–Kier alpha value is -0.340. The van der Waals surface area contributed by atoms with Crippen LogP contribution in [0.1, 0.15) is 32.1 Å². The highest BCUT2D eigenvalue weighted by molar-refractivity contribution is 5.08. The van der Waals surface area contributed by atoms with E-state index in [4.69, 9.17) is 4.74 Å². The zero-order chi connectivity index (χ0) is 8.93. The lowest BCUT2D eigenvalue weighted by Gasteiger charge is -2.06. The molecule has 74 valence electrons. The normalized spacial score (nSPS) is 31.7. The van der Waals surface area contributed by atoms with Crippen molar-refractivity contribution in [3.8, 4) is 0 Å². The van der Waals surface area contributed by atoms with Crippen molar-refractivity contribution in [2.24, 2.45) is 0 Å². The molecule has 2 aliphatic heterocycles. The van der Waals surface area contributed by atoms with Gasteiger partial charge in [0.15, 0.2) is 0 Å². The summed E-state index contributed by atoms with van der Waals surface area (Å²) in [4.78, 5) is 0. The maximum absolute atomic E-state index is 5.57. The molecular formula is C11H19NO. The molecule has 2 fully saturated rings. The molecule has 2 nitrogen and oxygen atoms in total. The second-order valence-electron chi connectivity index (χ2n) is 4.00. The highest BCUT2D eigenvalue weighted by Gasteiger charge is 2.14. The van der Waals surface area contributed by atoms with Gasteiger partial charge in [-0.3, -0.25) is 0 Å². The van der Waals surface area contributed by atoms with Crippen molar-refractivity contribution in [1.29, 1.82) is 0 Å². The summed E-state index contributed by atoms with van der Waals surface area (Å²) >= 11 is 0. The number of ether oxygens (including phenoxy) is 1. The predicted molar refractivity (Wildman–Crippen MR) is 53.8 cm³/mol. The van der Waals surface area contributed by atoms with Crippen LogP contribution >= 0.6 is 0 Å². The minimum Gasteiger partial charge on any atom is -0.378 e. The summed E-state index contributed by atoms with van der Waals surface area (Å²) in [5, 5.41) is 3.35. The fraction of sp³-hybridized carbons (Fsp3) is 0.818. The number of hydrogen-bond acceptors (Lipinski definition) is 2. The van der Waals surface area contributed by atoms with Gasteiger partial charge in [-0.25, -0.2) is 0 Å². The van der Waals surface area contributed by atoms with Crippen molar-refractivity contribution >= 4 is 0 Å². The van der Waals surface area contributed by atoms with Crippen molar-refractivity contribution < 1.29 is 4.74 Å². The zero-order valence-electron chi connectivity index (χ0n) is 8.22. The van der Waals surface area contributed by atoms with E-state index in [0.29, 0.717) is 6.10 Å². The molecule has 2 heterocycles. The first-order chi connectivity index (χ1) is 6.45. The van der Waals surface area contributed by atoms with Crippen LogP contribution in [-0.4, -0.2) is 25.8 Å². The van der Waals surface area contributed by atoms with Crippen molar-refractivity contribution in [3.63, 3.8) is 0 Å². The number of nitrogens with one attached hydrogen (secondary N) is 1. The van der Waals surface area contributed by atoms with Crippen molar-refractivity contribution in [2.45, 2.75) is 38.2 Å². The van der Waals surface area contributed by atoms with Gasteiger partial charge in [0, 0.05) is 13.2 Å². The first-order valence-corrected chi connectivity index (χ1v) is 5.45. The molecule has 0 radical (unpaired) electrons. The molecule has 0 aromatic carbocycles. The van der Waals surface area contributed by atoms with Crippen LogP contribution in [0.2, 0.25) is 0 Å². The smallest absolute Gasteiger partial charge is 0.0579 e. The molecular weight excluding hydrogens is 162 g/mol. The standard InChI is InChI=1S/C11H19NO/c1(3-10-6-7-12-9-10)4-11-5-2-8-13-11/h3,11-12H,1-2,4-9H2/b10-3-. The molecule has 1 N–H and O–H groups in total. The lowest BCUT2D eigenvalue weighted by atomic mass is 10.1. The van der Waals surface area contributed by atoms with Crippen LogP contribution in [-0.2, 0) is 4.74 Å². The van der Waals surface area contributed by atoms with Crippen LogP contribution in [0.15, 0.2) is 11.6 Å². The van der Waals surface area contributed by atoms with Gasteiger partial charge in [0.1, 0.15) is 0 Å². The molecule has 1 unspecified atom stereocenters. The van der Waals surface area contributed by atoms with Gasteiger partial charge in [-0.1, -0.05) is 11.6 Å². The van der Waals surface area contributed by atoms with Crippen LogP contribution in [0.4, 0.5) is 0 Å². The van der Waals surface area contributed by atoms with E-state index in [-0.39, 0.29) is 0 Å². The van der Waals surface area contributed by atoms with Crippen molar-refractivity contribution in [2.75, 3.05) is 19.7 Å². The molecule has 0 bridgehead atoms. The van der Waals surface area contributed by atoms with Crippen LogP contribution in [0.25, 0.3) is 0 Å². The van der Waals surface area contributed by atoms with E-state index < -0.39 is 0 Å². The Bertz CT molecular complexity index is 175. The molecule has 13 heavy (non-hydrogen) atoms. The second kappa shape index (κ2) is 4.77. The summed E-state index contributed by atoms with van der Waals surface area (Å²) in [6.45, 7) is 3.28. The Labute approximate surface area is 80.4 Å². The molecule has 2 aliphatic rings. The Morgan fingerprint density at radius 1 is 1.54 bits per heavy atom. The molecule has 0 saturated carbocycles. The van der Waals surface area contributed by atoms with Crippen LogP contribution in [0.3, 0.4) is 0 Å². The van der Waals surface area contributed by atoms with E-state index in [1.165, 1.54) is 38.6 Å². The quantitative estimate of drug-likeness (QED) is 0.671. The van der Waals surface area contributed by atoms with Gasteiger partial charge in [-0.15, -0.1) is 0 Å². The monoisotopic (exact) mass is 181 g/mol. The van der Waals surface area contributed by atoms with Gasteiger partial charge in [-0.05, 0) is 38.6 Å². The SMILES string of the molecule is C(/CCC1CCCO1)=C1\CCNC1. The fourth-order valence-electron chi connectivity index (χ4n) is 2.11. The summed E-state index contributed by atoms with van der Waals surface area (Å²) in [7, 11) is 0. The van der Waals surface area contributed by atoms with Gasteiger partial charge < -0.3 is 10.1 Å². The first kappa shape index (κ1) is 9.22. The van der Waals surface area contributed by atoms with Gasteiger partial charge in [0.05, 0.1) is 6.10 Å². The third-order valence-corrected chi connectivity index (χ3v) is 2.92. The Kier molecular flexibility index (Phi) is 3.39. The molecule has 0 aromatic heterocycles. The van der Waals surface area contributed by atoms with Crippen LogP contribution < -0.4 is 5.32 Å². The van der Waals surface area contributed by atoms with Crippen molar-refractivity contribution in [1.82, 2.24) is 5.32 Å². The molecule has 1 atom stereocenters. The molecule has 0 aromatic rings. The fourth-order valence-corrected chi connectivity index (χ4v) is 2.11. The van der Waals surface area contributed by atoms with Gasteiger partial charge in [0.25, 0.3) is 0 Å². The van der Waals surface area contributed by atoms with E-state index in [2.05, 4.69) is 11.4 Å². The van der Waals surface area contributed by atoms with Gasteiger partial charge in [-0.2, -0.15) is 0 Å². The van der Waals surface area contributed by atoms with E-state index >= 15 is 0 Å². The van der Waals surface area contributed by atoms with Gasteiger partial charge >= 0.3 is 0 Å². The molecule has 2 saturated heterocycles. The minimum absolute atomic E-state index is 0.561. The summed E-state index contributed by atoms with van der Waals surface area (Å²) in [5.41, 5.74) is 1.60. The zero-order valence-corrected chi connectivity index (χ0v) is 8.22.